The lowest BCUT2D eigenvalue weighted by Gasteiger charge is -2.47. The molecule has 0 bridgehead atoms. The van der Waals surface area contributed by atoms with Crippen LogP contribution in [0.15, 0.2) is 90.0 Å². The van der Waals surface area contributed by atoms with Gasteiger partial charge in [-0.3, -0.25) is 9.59 Å². The molecule has 1 fully saturated rings. The average Bonchev–Trinajstić information content (AvgIpc) is 2.98. The van der Waals surface area contributed by atoms with Crippen molar-refractivity contribution in [1.29, 1.82) is 0 Å². The number of hydrogen-bond acceptors (Lipinski definition) is 5. The zero-order chi connectivity index (χ0) is 27.8. The highest BCUT2D eigenvalue weighted by molar-refractivity contribution is 6.43. The van der Waals surface area contributed by atoms with Crippen LogP contribution in [0, 0.1) is 17.8 Å². The molecule has 0 spiro atoms. The number of carbonyl (C=O) groups is 2. The molecule has 1 heterocycles. The number of ketones is 2. The minimum Gasteiger partial charge on any atom is -0.508 e. The fraction of sp³-hybridized carbons (Fsp3) is 0.294. The van der Waals surface area contributed by atoms with Crippen LogP contribution >= 0.6 is 0 Å². The van der Waals surface area contributed by atoms with Gasteiger partial charge in [0, 0.05) is 23.0 Å². The monoisotopic (exact) mass is 532 g/mol. The number of benzene rings is 3. The van der Waals surface area contributed by atoms with Gasteiger partial charge in [0.1, 0.15) is 5.75 Å². The van der Waals surface area contributed by atoms with Crippen molar-refractivity contribution in [2.24, 2.45) is 17.8 Å². The first kappa shape index (κ1) is 26.5. The Hall–Kier alpha value is -3.74. The SMILES string of the molecule is CCC1=C2[C@@H](CC/C(=C/c3ccc(O)cc3)c3ccccc3)OB(O)C[C@@H]2[C@@H]2C(=O)c3ccccc3C(=O)[C@@H]2C1. The van der Waals surface area contributed by atoms with E-state index in [4.69, 9.17) is 4.65 Å². The number of aromatic hydroxyl groups is 1. The van der Waals surface area contributed by atoms with Crippen LogP contribution in [0.4, 0.5) is 0 Å². The summed E-state index contributed by atoms with van der Waals surface area (Å²) >= 11 is 0. The molecule has 6 heteroatoms. The summed E-state index contributed by atoms with van der Waals surface area (Å²) in [6.45, 7) is 2.10. The summed E-state index contributed by atoms with van der Waals surface area (Å²) in [5.74, 6) is -0.773. The maximum Gasteiger partial charge on any atom is 0.455 e. The topological polar surface area (TPSA) is 83.8 Å². The second-order valence-electron chi connectivity index (χ2n) is 11.1. The van der Waals surface area contributed by atoms with Gasteiger partial charge < -0.3 is 14.8 Å². The zero-order valence-corrected chi connectivity index (χ0v) is 22.6. The van der Waals surface area contributed by atoms with Crippen LogP contribution in [-0.4, -0.2) is 34.9 Å². The lowest BCUT2D eigenvalue weighted by Crippen LogP contribution is -2.50. The summed E-state index contributed by atoms with van der Waals surface area (Å²) in [6, 6.07) is 24.5. The van der Waals surface area contributed by atoms with Crippen LogP contribution in [-0.2, 0) is 4.65 Å². The molecule has 0 unspecified atom stereocenters. The molecule has 1 aliphatic heterocycles. The van der Waals surface area contributed by atoms with Gasteiger partial charge in [0.05, 0.1) is 6.10 Å². The van der Waals surface area contributed by atoms with Crippen LogP contribution in [0.3, 0.4) is 0 Å². The van der Waals surface area contributed by atoms with Gasteiger partial charge in [-0.2, -0.15) is 0 Å². The van der Waals surface area contributed by atoms with Gasteiger partial charge in [-0.05, 0) is 72.3 Å². The number of phenolic OH excluding ortho intramolecular Hbond substituents is 1. The van der Waals surface area contributed by atoms with Gasteiger partial charge in [0.2, 0.25) is 0 Å². The maximum atomic E-state index is 13.8. The Morgan fingerprint density at radius 2 is 1.60 bits per heavy atom. The molecule has 0 radical (unpaired) electrons. The molecular weight excluding hydrogens is 499 g/mol. The summed E-state index contributed by atoms with van der Waals surface area (Å²) in [5, 5.41) is 20.6. The Morgan fingerprint density at radius 1 is 0.925 bits per heavy atom. The quantitative estimate of drug-likeness (QED) is 0.212. The molecule has 3 aromatic carbocycles. The number of Topliss-reactive ketones (excluding diaryl/α,β-unsaturated/α-hetero) is 2. The van der Waals surface area contributed by atoms with E-state index in [0.717, 1.165) is 28.7 Å². The third-order valence-electron chi connectivity index (χ3n) is 8.84. The van der Waals surface area contributed by atoms with E-state index in [1.807, 2.05) is 42.5 Å². The molecule has 2 N–H and O–H groups in total. The van der Waals surface area contributed by atoms with Crippen LogP contribution in [0.5, 0.6) is 5.75 Å². The summed E-state index contributed by atoms with van der Waals surface area (Å²) < 4.78 is 6.19. The van der Waals surface area contributed by atoms with Crippen molar-refractivity contribution in [3.63, 3.8) is 0 Å². The highest BCUT2D eigenvalue weighted by Crippen LogP contribution is 2.51. The molecule has 0 aromatic heterocycles. The van der Waals surface area contributed by atoms with E-state index in [9.17, 15) is 19.7 Å². The Balaban J connectivity index is 1.34. The minimum atomic E-state index is -0.989. The summed E-state index contributed by atoms with van der Waals surface area (Å²) in [6.07, 6.45) is 4.79. The van der Waals surface area contributed by atoms with Crippen molar-refractivity contribution in [3.8, 4) is 5.75 Å². The fourth-order valence-electron chi connectivity index (χ4n) is 7.02. The Kier molecular flexibility index (Phi) is 7.30. The van der Waals surface area contributed by atoms with Gasteiger partial charge in [0.15, 0.2) is 11.6 Å². The van der Waals surface area contributed by atoms with Crippen molar-refractivity contribution >= 4 is 30.3 Å². The number of phenols is 1. The first-order valence-corrected chi connectivity index (χ1v) is 14.2. The van der Waals surface area contributed by atoms with Gasteiger partial charge in [0.25, 0.3) is 0 Å². The molecule has 0 amide bonds. The third-order valence-corrected chi connectivity index (χ3v) is 8.84. The van der Waals surface area contributed by atoms with Gasteiger partial charge in [-0.25, -0.2) is 0 Å². The second kappa shape index (κ2) is 11.0. The highest BCUT2D eigenvalue weighted by atomic mass is 16.5. The molecule has 202 valence electrons. The predicted molar refractivity (Wildman–Crippen MR) is 157 cm³/mol. The van der Waals surface area contributed by atoms with Crippen LogP contribution in [0.2, 0.25) is 6.32 Å². The van der Waals surface area contributed by atoms with Gasteiger partial charge in [-0.15, -0.1) is 0 Å². The molecule has 2 aliphatic carbocycles. The summed E-state index contributed by atoms with van der Waals surface area (Å²) in [5.41, 5.74) is 6.55. The standard InChI is InChI=1S/C34H33BO5/c1-2-22-19-28-32(34(38)27-11-7-6-10-26(27)33(28)37)29-20-35(39)40-30(31(22)29)17-14-24(23-8-4-3-5-9-23)18-21-12-15-25(36)16-13-21/h3-13,15-16,18,28-30,32,36,39H,2,14,17,19-20H2,1H3/b24-18-/t28-,29+,30-,32-/m1/s1. The maximum absolute atomic E-state index is 13.8. The molecule has 4 atom stereocenters. The normalized spacial score (nSPS) is 24.4. The minimum absolute atomic E-state index is 0.0166. The van der Waals surface area contributed by atoms with E-state index in [2.05, 4.69) is 25.1 Å². The Morgan fingerprint density at radius 3 is 2.30 bits per heavy atom. The molecule has 3 aliphatic rings. The Labute approximate surface area is 235 Å². The lowest BCUT2D eigenvalue weighted by atomic mass is 9.54. The fourth-order valence-corrected chi connectivity index (χ4v) is 7.02. The number of carbonyl (C=O) groups excluding carboxylic acids is 2. The van der Waals surface area contributed by atoms with Crippen molar-refractivity contribution in [2.75, 3.05) is 0 Å². The van der Waals surface area contributed by atoms with Crippen molar-refractivity contribution in [1.82, 2.24) is 0 Å². The van der Waals surface area contributed by atoms with Gasteiger partial charge in [-0.1, -0.05) is 85.3 Å². The van der Waals surface area contributed by atoms with Crippen LogP contribution in [0.1, 0.15) is 64.4 Å². The van der Waals surface area contributed by atoms with E-state index < -0.39 is 13.0 Å². The number of fused-ring (bicyclic) bond motifs is 4. The Bertz CT molecular complexity index is 1490. The third kappa shape index (κ3) is 4.87. The van der Waals surface area contributed by atoms with E-state index in [0.29, 0.717) is 36.7 Å². The molecule has 1 saturated heterocycles. The van der Waals surface area contributed by atoms with E-state index in [1.165, 1.54) is 5.57 Å². The first-order valence-electron chi connectivity index (χ1n) is 14.2. The van der Waals surface area contributed by atoms with Crippen LogP contribution < -0.4 is 0 Å². The zero-order valence-electron chi connectivity index (χ0n) is 22.6. The number of rotatable bonds is 6. The number of hydrogen-bond donors (Lipinski definition) is 2. The predicted octanol–water partition coefficient (Wildman–Crippen LogP) is 6.63. The highest BCUT2D eigenvalue weighted by Gasteiger charge is 2.53. The summed E-state index contributed by atoms with van der Waals surface area (Å²) in [4.78, 5) is 27.4. The van der Waals surface area contributed by atoms with E-state index in [-0.39, 0.29) is 35.3 Å². The van der Waals surface area contributed by atoms with E-state index in [1.54, 1.807) is 24.3 Å². The van der Waals surface area contributed by atoms with E-state index >= 15 is 0 Å². The molecular formula is C34H33BO5. The van der Waals surface area contributed by atoms with Crippen molar-refractivity contribution < 1.29 is 24.4 Å². The smallest absolute Gasteiger partial charge is 0.455 e. The second-order valence-corrected chi connectivity index (χ2v) is 11.1. The number of allylic oxidation sites excluding steroid dienone is 2. The van der Waals surface area contributed by atoms with Gasteiger partial charge >= 0.3 is 7.12 Å². The molecule has 5 nitrogen and oxygen atoms in total. The van der Waals surface area contributed by atoms with Crippen LogP contribution in [0.25, 0.3) is 11.6 Å². The molecule has 40 heavy (non-hydrogen) atoms. The molecule has 3 aromatic rings. The van der Waals surface area contributed by atoms with Crippen molar-refractivity contribution in [3.05, 3.63) is 112 Å². The molecule has 6 rings (SSSR count). The van der Waals surface area contributed by atoms with Crippen molar-refractivity contribution in [2.45, 2.75) is 45.0 Å². The largest absolute Gasteiger partial charge is 0.508 e. The summed E-state index contributed by atoms with van der Waals surface area (Å²) in [7, 11) is -0.989. The lowest BCUT2D eigenvalue weighted by molar-refractivity contribution is 0.0600. The molecule has 0 saturated carbocycles. The average molecular weight is 532 g/mol. The first-order chi connectivity index (χ1) is 19.4.